The Balaban J connectivity index is 1.78. The highest BCUT2D eigenvalue weighted by atomic mass is 16.3. The van der Waals surface area contributed by atoms with E-state index in [-0.39, 0.29) is 6.61 Å². The highest BCUT2D eigenvalue weighted by Crippen LogP contribution is 2.13. The number of rotatable bonds is 18. The number of hydrogen-bond acceptors (Lipinski definition) is 4. The molecule has 4 heteroatoms. The normalized spacial score (nSPS) is 17.4. The van der Waals surface area contributed by atoms with Crippen LogP contribution in [0.1, 0.15) is 96.8 Å². The summed E-state index contributed by atoms with van der Waals surface area (Å²) in [4.78, 5) is 4.82. The van der Waals surface area contributed by atoms with Crippen molar-refractivity contribution in [2.75, 3.05) is 45.9 Å². The van der Waals surface area contributed by atoms with Gasteiger partial charge in [-0.25, -0.2) is 0 Å². The van der Waals surface area contributed by atoms with Crippen LogP contribution in [0.3, 0.4) is 0 Å². The van der Waals surface area contributed by atoms with Gasteiger partial charge in [0.1, 0.15) is 0 Å². The molecule has 1 heterocycles. The maximum atomic E-state index is 9.52. The highest BCUT2D eigenvalue weighted by molar-refractivity contribution is 4.73. The number of hydrogen-bond donors (Lipinski definition) is 2. The van der Waals surface area contributed by atoms with Crippen molar-refractivity contribution >= 4 is 0 Å². The Morgan fingerprint density at radius 1 is 0.630 bits per heavy atom. The van der Waals surface area contributed by atoms with Gasteiger partial charge in [-0.1, -0.05) is 90.4 Å². The van der Waals surface area contributed by atoms with Crippen LogP contribution in [0.4, 0.5) is 0 Å². The van der Waals surface area contributed by atoms with Gasteiger partial charge in [0.05, 0.1) is 12.7 Å². The molecule has 4 nitrogen and oxygen atoms in total. The summed E-state index contributed by atoms with van der Waals surface area (Å²) < 4.78 is 0. The summed E-state index contributed by atoms with van der Waals surface area (Å²) in [7, 11) is 0. The lowest BCUT2D eigenvalue weighted by Crippen LogP contribution is -2.49. The van der Waals surface area contributed by atoms with Gasteiger partial charge >= 0.3 is 0 Å². The van der Waals surface area contributed by atoms with Gasteiger partial charge in [-0.3, -0.25) is 4.90 Å². The zero-order valence-electron chi connectivity index (χ0n) is 18.2. The van der Waals surface area contributed by atoms with Crippen molar-refractivity contribution in [3.63, 3.8) is 0 Å². The molecule has 0 aromatic carbocycles. The number of aliphatic hydroxyl groups excluding tert-OH is 2. The van der Waals surface area contributed by atoms with Crippen LogP contribution >= 0.6 is 0 Å². The molecule has 1 saturated heterocycles. The summed E-state index contributed by atoms with van der Waals surface area (Å²) >= 11 is 0. The minimum Gasteiger partial charge on any atom is -0.394 e. The largest absolute Gasteiger partial charge is 0.394 e. The first-order chi connectivity index (χ1) is 13.3. The number of β-amino-alcohol motifs (C(OH)–C–C–N with tert-alkyl or cyclic N) is 1. The third kappa shape index (κ3) is 14.5. The molecule has 162 valence electrons. The standard InChI is InChI=1S/C23H48N2O2/c1-2-3-4-5-6-7-8-9-10-11-12-13-14-15-16-24-17-19-25(20-18-24)21-23(27)22-26/h23,26-27H,2-22H2,1H3. The monoisotopic (exact) mass is 384 g/mol. The van der Waals surface area contributed by atoms with E-state index in [1.807, 2.05) is 0 Å². The van der Waals surface area contributed by atoms with Crippen LogP contribution in [0.2, 0.25) is 0 Å². The molecule has 2 N–H and O–H groups in total. The molecular formula is C23H48N2O2. The first-order valence-corrected chi connectivity index (χ1v) is 12.0. The molecule has 1 aliphatic rings. The Morgan fingerprint density at radius 3 is 1.48 bits per heavy atom. The van der Waals surface area contributed by atoms with Gasteiger partial charge in [0.15, 0.2) is 0 Å². The molecule has 0 bridgehead atoms. The summed E-state index contributed by atoms with van der Waals surface area (Å²) in [6.45, 7) is 8.27. The molecule has 1 fully saturated rings. The van der Waals surface area contributed by atoms with Gasteiger partial charge in [-0.15, -0.1) is 0 Å². The number of aliphatic hydroxyl groups is 2. The Kier molecular flexibility index (Phi) is 16.5. The molecule has 0 aromatic heterocycles. The maximum Gasteiger partial charge on any atom is 0.0897 e. The van der Waals surface area contributed by atoms with Crippen molar-refractivity contribution in [2.45, 2.75) is 103 Å². The molecule has 0 amide bonds. The van der Waals surface area contributed by atoms with Gasteiger partial charge in [0.2, 0.25) is 0 Å². The second kappa shape index (κ2) is 17.9. The van der Waals surface area contributed by atoms with Crippen LogP contribution in [-0.4, -0.2) is 72.0 Å². The second-order valence-electron chi connectivity index (χ2n) is 8.57. The number of nitrogens with zero attached hydrogens (tertiary/aromatic N) is 2. The van der Waals surface area contributed by atoms with Crippen LogP contribution in [0.15, 0.2) is 0 Å². The van der Waals surface area contributed by atoms with E-state index in [2.05, 4.69) is 16.7 Å². The molecule has 27 heavy (non-hydrogen) atoms. The lowest BCUT2D eigenvalue weighted by Gasteiger charge is -2.35. The summed E-state index contributed by atoms with van der Waals surface area (Å²) in [5, 5.41) is 18.4. The van der Waals surface area contributed by atoms with E-state index in [4.69, 9.17) is 5.11 Å². The summed E-state index contributed by atoms with van der Waals surface area (Å²) in [6.07, 6.45) is 19.3. The van der Waals surface area contributed by atoms with Crippen LogP contribution in [0.25, 0.3) is 0 Å². The van der Waals surface area contributed by atoms with E-state index < -0.39 is 6.10 Å². The van der Waals surface area contributed by atoms with Gasteiger partial charge < -0.3 is 15.1 Å². The van der Waals surface area contributed by atoms with E-state index in [1.54, 1.807) is 0 Å². The predicted octanol–water partition coefficient (Wildman–Crippen LogP) is 4.44. The van der Waals surface area contributed by atoms with E-state index in [1.165, 1.54) is 96.4 Å². The molecule has 1 unspecified atom stereocenters. The van der Waals surface area contributed by atoms with E-state index in [9.17, 15) is 5.11 Å². The third-order valence-electron chi connectivity index (χ3n) is 5.97. The molecule has 0 saturated carbocycles. The third-order valence-corrected chi connectivity index (χ3v) is 5.97. The van der Waals surface area contributed by atoms with Crippen molar-refractivity contribution in [2.24, 2.45) is 0 Å². The van der Waals surface area contributed by atoms with Gasteiger partial charge in [-0.05, 0) is 13.0 Å². The van der Waals surface area contributed by atoms with Crippen LogP contribution in [0.5, 0.6) is 0 Å². The predicted molar refractivity (Wildman–Crippen MR) is 116 cm³/mol. The van der Waals surface area contributed by atoms with Crippen LogP contribution in [-0.2, 0) is 0 Å². The first-order valence-electron chi connectivity index (χ1n) is 12.0. The Hall–Kier alpha value is -0.160. The average Bonchev–Trinajstić information content (AvgIpc) is 2.69. The van der Waals surface area contributed by atoms with Crippen molar-refractivity contribution in [3.8, 4) is 0 Å². The quantitative estimate of drug-likeness (QED) is 0.343. The zero-order valence-corrected chi connectivity index (χ0v) is 18.2. The molecular weight excluding hydrogens is 336 g/mol. The summed E-state index contributed by atoms with van der Waals surface area (Å²) in [5.41, 5.74) is 0. The number of unbranched alkanes of at least 4 members (excludes halogenated alkanes) is 13. The van der Waals surface area contributed by atoms with Gasteiger partial charge in [-0.2, -0.15) is 0 Å². The average molecular weight is 385 g/mol. The minimum atomic E-state index is -0.581. The lowest BCUT2D eigenvalue weighted by molar-refractivity contribution is 0.0393. The Bertz CT molecular complexity index is 307. The second-order valence-corrected chi connectivity index (χ2v) is 8.57. The fourth-order valence-electron chi connectivity index (χ4n) is 4.08. The van der Waals surface area contributed by atoms with E-state index in [0.29, 0.717) is 6.54 Å². The Morgan fingerprint density at radius 2 is 1.04 bits per heavy atom. The van der Waals surface area contributed by atoms with Gasteiger partial charge in [0, 0.05) is 32.7 Å². The topological polar surface area (TPSA) is 46.9 Å². The molecule has 1 rings (SSSR count). The fraction of sp³-hybridized carbons (Fsp3) is 1.00. The van der Waals surface area contributed by atoms with Crippen molar-refractivity contribution in [1.82, 2.24) is 9.80 Å². The SMILES string of the molecule is CCCCCCCCCCCCCCCCN1CCN(CC(O)CO)CC1. The minimum absolute atomic E-state index is 0.126. The summed E-state index contributed by atoms with van der Waals surface area (Å²) in [5.74, 6) is 0. The van der Waals surface area contributed by atoms with Crippen LogP contribution < -0.4 is 0 Å². The highest BCUT2D eigenvalue weighted by Gasteiger charge is 2.18. The molecule has 0 spiro atoms. The van der Waals surface area contributed by atoms with Crippen LogP contribution in [0, 0.1) is 0 Å². The maximum absolute atomic E-state index is 9.52. The van der Waals surface area contributed by atoms with E-state index in [0.717, 1.165) is 26.2 Å². The van der Waals surface area contributed by atoms with Crippen molar-refractivity contribution < 1.29 is 10.2 Å². The number of piperazine rings is 1. The van der Waals surface area contributed by atoms with E-state index >= 15 is 0 Å². The van der Waals surface area contributed by atoms with Crippen molar-refractivity contribution in [1.29, 1.82) is 0 Å². The fourth-order valence-corrected chi connectivity index (χ4v) is 4.08. The first kappa shape index (κ1) is 24.9. The molecule has 1 atom stereocenters. The van der Waals surface area contributed by atoms with Crippen molar-refractivity contribution in [3.05, 3.63) is 0 Å². The van der Waals surface area contributed by atoms with Gasteiger partial charge in [0.25, 0.3) is 0 Å². The molecule has 0 radical (unpaired) electrons. The lowest BCUT2D eigenvalue weighted by atomic mass is 10.0. The Labute approximate surface area is 169 Å². The smallest absolute Gasteiger partial charge is 0.0897 e. The molecule has 0 aromatic rings. The molecule has 1 aliphatic heterocycles. The summed E-state index contributed by atoms with van der Waals surface area (Å²) in [6, 6.07) is 0. The molecule has 0 aliphatic carbocycles. The zero-order chi connectivity index (χ0) is 19.6.